The number of Topliss-reactive ketones (excluding diaryl/α,β-unsaturated/α-hetero) is 2. The zero-order valence-corrected chi connectivity index (χ0v) is 11.4. The molecule has 2 rings (SSSR count). The van der Waals surface area contributed by atoms with E-state index in [0.717, 1.165) is 4.90 Å². The van der Waals surface area contributed by atoms with Crippen molar-refractivity contribution in [3.63, 3.8) is 0 Å². The largest absolute Gasteiger partial charge is 0.315 e. The number of rotatable bonds is 3. The van der Waals surface area contributed by atoms with Gasteiger partial charge in [-0.2, -0.15) is 5.26 Å². The Hall–Kier alpha value is -2.19. The first kappa shape index (κ1) is 14.2. The molecule has 1 aromatic carbocycles. The Balaban J connectivity index is 2.50. The molecule has 0 saturated carbocycles. The van der Waals surface area contributed by atoms with E-state index in [1.54, 1.807) is 24.3 Å². The van der Waals surface area contributed by atoms with E-state index in [1.807, 2.05) is 6.07 Å². The number of halogens is 1. The number of amides is 1. The fraction of sp³-hybridized carbons (Fsp3) is 0.286. The molecule has 0 aliphatic carbocycles. The second kappa shape index (κ2) is 5.43. The summed E-state index contributed by atoms with van der Waals surface area (Å²) in [6.07, 6.45) is 0. The molecular formula is C14H11ClN2O3. The molecule has 1 heterocycles. The van der Waals surface area contributed by atoms with Crippen LogP contribution in [-0.4, -0.2) is 28.9 Å². The van der Waals surface area contributed by atoms with Crippen LogP contribution < -0.4 is 0 Å². The number of carbonyl (C=O) groups excluding carboxylic acids is 3. The summed E-state index contributed by atoms with van der Waals surface area (Å²) in [5.74, 6) is -2.99. The maximum Gasteiger partial charge on any atom is 0.292 e. The summed E-state index contributed by atoms with van der Waals surface area (Å²) in [6, 6.07) is 7.65. The second-order valence-electron chi connectivity index (χ2n) is 4.54. The van der Waals surface area contributed by atoms with Crippen LogP contribution in [0, 0.1) is 17.2 Å². The van der Waals surface area contributed by atoms with Gasteiger partial charge in [0.05, 0.1) is 12.1 Å². The van der Waals surface area contributed by atoms with Gasteiger partial charge in [-0.05, 0) is 24.6 Å². The minimum Gasteiger partial charge on any atom is -0.315 e. The van der Waals surface area contributed by atoms with Gasteiger partial charge >= 0.3 is 0 Å². The summed E-state index contributed by atoms with van der Waals surface area (Å²) < 4.78 is 0. The lowest BCUT2D eigenvalue weighted by molar-refractivity contribution is -0.141. The van der Waals surface area contributed by atoms with E-state index >= 15 is 0 Å². The molecule has 0 N–H and O–H groups in total. The number of hydrogen-bond acceptors (Lipinski definition) is 4. The fourth-order valence-corrected chi connectivity index (χ4v) is 2.54. The van der Waals surface area contributed by atoms with Crippen molar-refractivity contribution in [3.05, 3.63) is 34.9 Å². The molecule has 1 saturated heterocycles. The van der Waals surface area contributed by atoms with Crippen molar-refractivity contribution < 1.29 is 14.4 Å². The average molecular weight is 291 g/mol. The SMILES string of the molecule is CC(=O)C1C(=O)C(=O)N(CC#N)C1c1ccc(Cl)cc1. The molecule has 20 heavy (non-hydrogen) atoms. The summed E-state index contributed by atoms with van der Waals surface area (Å²) in [7, 11) is 0. The van der Waals surface area contributed by atoms with Gasteiger partial charge in [0.25, 0.3) is 5.91 Å². The molecule has 1 aliphatic heterocycles. The summed E-state index contributed by atoms with van der Waals surface area (Å²) in [6.45, 7) is 1.04. The Morgan fingerprint density at radius 1 is 1.35 bits per heavy atom. The van der Waals surface area contributed by atoms with Gasteiger partial charge in [-0.15, -0.1) is 0 Å². The molecule has 2 unspecified atom stereocenters. The molecule has 0 radical (unpaired) electrons. The standard InChI is InChI=1S/C14H11ClN2O3/c1-8(18)11-12(9-2-4-10(15)5-3-9)17(7-6-16)14(20)13(11)19/h2-5,11-12H,7H2,1H3. The minimum atomic E-state index is -1.06. The third-order valence-corrected chi connectivity index (χ3v) is 3.55. The topological polar surface area (TPSA) is 78.2 Å². The van der Waals surface area contributed by atoms with Crippen LogP contribution >= 0.6 is 11.6 Å². The van der Waals surface area contributed by atoms with E-state index in [-0.39, 0.29) is 12.3 Å². The lowest BCUT2D eigenvalue weighted by atomic mass is 9.90. The molecule has 0 spiro atoms. The summed E-state index contributed by atoms with van der Waals surface area (Å²) in [5, 5.41) is 9.31. The summed E-state index contributed by atoms with van der Waals surface area (Å²) in [5.41, 5.74) is 0.615. The molecule has 0 bridgehead atoms. The Labute approximate surface area is 120 Å². The number of hydrogen-bond donors (Lipinski definition) is 0. The first-order valence-corrected chi connectivity index (χ1v) is 6.33. The van der Waals surface area contributed by atoms with Crippen LogP contribution in [0.5, 0.6) is 0 Å². The Kier molecular flexibility index (Phi) is 3.86. The smallest absolute Gasteiger partial charge is 0.292 e. The van der Waals surface area contributed by atoms with Gasteiger partial charge in [0.1, 0.15) is 18.2 Å². The lowest BCUT2D eigenvalue weighted by Gasteiger charge is -2.24. The summed E-state index contributed by atoms with van der Waals surface area (Å²) >= 11 is 5.81. The highest BCUT2D eigenvalue weighted by atomic mass is 35.5. The zero-order chi connectivity index (χ0) is 14.9. The predicted octanol–water partition coefficient (Wildman–Crippen LogP) is 1.52. The highest BCUT2D eigenvalue weighted by Gasteiger charge is 2.50. The maximum atomic E-state index is 11.9. The van der Waals surface area contributed by atoms with Crippen molar-refractivity contribution >= 4 is 29.1 Å². The van der Waals surface area contributed by atoms with E-state index in [9.17, 15) is 14.4 Å². The molecule has 6 heteroatoms. The minimum absolute atomic E-state index is 0.234. The third kappa shape index (κ3) is 2.30. The molecule has 2 atom stereocenters. The van der Waals surface area contributed by atoms with Crippen molar-refractivity contribution in [2.45, 2.75) is 13.0 Å². The van der Waals surface area contributed by atoms with E-state index in [0.29, 0.717) is 10.6 Å². The molecule has 1 fully saturated rings. The number of nitriles is 1. The molecular weight excluding hydrogens is 280 g/mol. The van der Waals surface area contributed by atoms with Crippen LogP contribution in [0.2, 0.25) is 5.02 Å². The monoisotopic (exact) mass is 290 g/mol. The van der Waals surface area contributed by atoms with Crippen LogP contribution in [0.25, 0.3) is 0 Å². The Morgan fingerprint density at radius 3 is 2.45 bits per heavy atom. The lowest BCUT2D eigenvalue weighted by Crippen LogP contribution is -2.30. The number of carbonyl (C=O) groups is 3. The van der Waals surface area contributed by atoms with Crippen LogP contribution in [0.4, 0.5) is 0 Å². The molecule has 1 amide bonds. The molecule has 1 aliphatic rings. The maximum absolute atomic E-state index is 11.9. The van der Waals surface area contributed by atoms with Gasteiger partial charge in [0.2, 0.25) is 5.78 Å². The van der Waals surface area contributed by atoms with Crippen molar-refractivity contribution in [2.75, 3.05) is 6.54 Å². The number of ketones is 2. The zero-order valence-electron chi connectivity index (χ0n) is 10.7. The number of nitrogens with zero attached hydrogens (tertiary/aromatic N) is 2. The average Bonchev–Trinajstić information content (AvgIpc) is 2.65. The molecule has 5 nitrogen and oxygen atoms in total. The van der Waals surface area contributed by atoms with Crippen molar-refractivity contribution in [2.24, 2.45) is 5.92 Å². The van der Waals surface area contributed by atoms with Crippen LogP contribution in [0.1, 0.15) is 18.5 Å². The van der Waals surface area contributed by atoms with Gasteiger partial charge in [0, 0.05) is 5.02 Å². The summed E-state index contributed by atoms with van der Waals surface area (Å²) in [4.78, 5) is 36.7. The molecule has 0 aromatic heterocycles. The Bertz CT molecular complexity index is 618. The Morgan fingerprint density at radius 2 is 1.95 bits per heavy atom. The normalized spacial score (nSPS) is 21.9. The van der Waals surface area contributed by atoms with Crippen molar-refractivity contribution in [1.82, 2.24) is 4.90 Å². The van der Waals surface area contributed by atoms with E-state index < -0.39 is 23.7 Å². The van der Waals surface area contributed by atoms with Crippen molar-refractivity contribution in [3.8, 4) is 6.07 Å². The van der Waals surface area contributed by atoms with Gasteiger partial charge in [-0.25, -0.2) is 0 Å². The second-order valence-corrected chi connectivity index (χ2v) is 4.98. The highest BCUT2D eigenvalue weighted by Crippen LogP contribution is 2.36. The number of likely N-dealkylation sites (tertiary alicyclic amines) is 1. The van der Waals surface area contributed by atoms with E-state index in [1.165, 1.54) is 6.92 Å². The van der Waals surface area contributed by atoms with Crippen LogP contribution in [0.15, 0.2) is 24.3 Å². The quantitative estimate of drug-likeness (QED) is 0.480. The number of benzene rings is 1. The first-order chi connectivity index (χ1) is 9.47. The van der Waals surface area contributed by atoms with Crippen LogP contribution in [0.3, 0.4) is 0 Å². The van der Waals surface area contributed by atoms with Crippen LogP contribution in [-0.2, 0) is 14.4 Å². The first-order valence-electron chi connectivity index (χ1n) is 5.95. The van der Waals surface area contributed by atoms with E-state index in [4.69, 9.17) is 16.9 Å². The highest BCUT2D eigenvalue weighted by molar-refractivity contribution is 6.42. The van der Waals surface area contributed by atoms with Gasteiger partial charge in [-0.3, -0.25) is 14.4 Å². The fourth-order valence-electron chi connectivity index (χ4n) is 2.41. The van der Waals surface area contributed by atoms with Crippen molar-refractivity contribution in [1.29, 1.82) is 5.26 Å². The molecule has 102 valence electrons. The van der Waals surface area contributed by atoms with Gasteiger partial charge in [-0.1, -0.05) is 23.7 Å². The predicted molar refractivity (Wildman–Crippen MR) is 70.7 cm³/mol. The van der Waals surface area contributed by atoms with Gasteiger partial charge in [0.15, 0.2) is 0 Å². The third-order valence-electron chi connectivity index (χ3n) is 3.30. The van der Waals surface area contributed by atoms with Gasteiger partial charge < -0.3 is 4.90 Å². The van der Waals surface area contributed by atoms with E-state index in [2.05, 4.69) is 0 Å². The molecule has 1 aromatic rings.